The Kier molecular flexibility index (Phi) is 5.07. The molecule has 6 nitrogen and oxygen atoms in total. The zero-order valence-corrected chi connectivity index (χ0v) is 15.1. The van der Waals surface area contributed by atoms with Gasteiger partial charge in [0.25, 0.3) is 5.56 Å². The summed E-state index contributed by atoms with van der Waals surface area (Å²) in [4.78, 5) is 36.1. The van der Waals surface area contributed by atoms with Gasteiger partial charge in [0, 0.05) is 25.3 Å². The largest absolute Gasteiger partial charge is 0.506 e. The van der Waals surface area contributed by atoms with Gasteiger partial charge in [0.15, 0.2) is 5.78 Å². The normalized spacial score (nSPS) is 10.7. The number of benzene rings is 2. The standard InChI is InChI=1S/C21H19NO5/c1-13(23)8-11-18(24)19-20(25)16-12-15(27-14-6-4-3-5-7-14)9-10-17(16)22(2)21(19)26/h3-7,9-10,12,25H,8,11H2,1-2H3. The molecule has 0 aliphatic carbocycles. The maximum absolute atomic E-state index is 12.5. The van der Waals surface area contributed by atoms with Crippen LogP contribution in [-0.2, 0) is 11.8 Å². The number of carbonyl (C=O) groups excluding carboxylic acids is 2. The number of ether oxygens (including phenoxy) is 1. The van der Waals surface area contributed by atoms with Gasteiger partial charge in [-0.2, -0.15) is 0 Å². The first-order valence-electron chi connectivity index (χ1n) is 8.49. The lowest BCUT2D eigenvalue weighted by molar-refractivity contribution is -0.116. The third-order valence-electron chi connectivity index (χ3n) is 4.30. The molecule has 2 aromatic carbocycles. The van der Waals surface area contributed by atoms with Crippen LogP contribution in [0.25, 0.3) is 10.9 Å². The van der Waals surface area contributed by atoms with E-state index in [4.69, 9.17) is 4.74 Å². The molecule has 27 heavy (non-hydrogen) atoms. The molecular weight excluding hydrogens is 346 g/mol. The number of aromatic nitrogens is 1. The molecule has 0 amide bonds. The van der Waals surface area contributed by atoms with Crippen LogP contribution in [0.1, 0.15) is 30.1 Å². The van der Waals surface area contributed by atoms with Crippen LogP contribution in [0.15, 0.2) is 53.3 Å². The first-order chi connectivity index (χ1) is 12.9. The highest BCUT2D eigenvalue weighted by Crippen LogP contribution is 2.32. The molecule has 138 valence electrons. The van der Waals surface area contributed by atoms with Gasteiger partial charge in [-0.1, -0.05) is 18.2 Å². The number of pyridine rings is 1. The van der Waals surface area contributed by atoms with Gasteiger partial charge in [0.1, 0.15) is 28.6 Å². The number of aromatic hydroxyl groups is 1. The van der Waals surface area contributed by atoms with Gasteiger partial charge in [-0.05, 0) is 37.3 Å². The zero-order valence-electron chi connectivity index (χ0n) is 15.1. The molecular formula is C21H19NO5. The number of aryl methyl sites for hydroxylation is 1. The van der Waals surface area contributed by atoms with Gasteiger partial charge in [-0.15, -0.1) is 0 Å². The number of rotatable bonds is 6. The molecule has 3 rings (SSSR count). The molecule has 0 atom stereocenters. The van der Waals surface area contributed by atoms with Crippen molar-refractivity contribution < 1.29 is 19.4 Å². The van der Waals surface area contributed by atoms with Crippen LogP contribution in [0.5, 0.6) is 17.2 Å². The topological polar surface area (TPSA) is 85.6 Å². The van der Waals surface area contributed by atoms with Crippen LogP contribution >= 0.6 is 0 Å². The zero-order chi connectivity index (χ0) is 19.6. The Morgan fingerprint density at radius 1 is 1.04 bits per heavy atom. The summed E-state index contributed by atoms with van der Waals surface area (Å²) in [6.45, 7) is 1.37. The Labute approximate surface area is 155 Å². The molecule has 1 N–H and O–H groups in total. The van der Waals surface area contributed by atoms with Crippen LogP contribution < -0.4 is 10.3 Å². The van der Waals surface area contributed by atoms with Crippen molar-refractivity contribution in [1.82, 2.24) is 4.57 Å². The van der Waals surface area contributed by atoms with E-state index in [2.05, 4.69) is 0 Å². The lowest BCUT2D eigenvalue weighted by atomic mass is 10.0. The third-order valence-corrected chi connectivity index (χ3v) is 4.30. The van der Waals surface area contributed by atoms with E-state index in [0.29, 0.717) is 22.4 Å². The molecule has 0 radical (unpaired) electrons. The quantitative estimate of drug-likeness (QED) is 0.675. The number of hydrogen-bond acceptors (Lipinski definition) is 5. The van der Waals surface area contributed by atoms with Crippen LogP contribution in [0.2, 0.25) is 0 Å². The summed E-state index contributed by atoms with van der Waals surface area (Å²) in [6, 6.07) is 14.0. The first kappa shape index (κ1) is 18.4. The highest BCUT2D eigenvalue weighted by Gasteiger charge is 2.21. The van der Waals surface area contributed by atoms with Gasteiger partial charge in [-0.3, -0.25) is 9.59 Å². The predicted octanol–water partition coefficient (Wildman–Crippen LogP) is 3.59. The van der Waals surface area contributed by atoms with E-state index in [1.54, 1.807) is 30.3 Å². The highest BCUT2D eigenvalue weighted by atomic mass is 16.5. The van der Waals surface area contributed by atoms with Crippen LogP contribution in [0.4, 0.5) is 0 Å². The molecule has 1 aromatic heterocycles. The lowest BCUT2D eigenvalue weighted by Crippen LogP contribution is -2.25. The SMILES string of the molecule is CC(=O)CCC(=O)c1c(O)c2cc(Oc3ccccc3)ccc2n(C)c1=O. The average Bonchev–Trinajstić information content (AvgIpc) is 2.65. The second-order valence-electron chi connectivity index (χ2n) is 6.31. The van der Waals surface area contributed by atoms with Crippen molar-refractivity contribution in [2.75, 3.05) is 0 Å². The van der Waals surface area contributed by atoms with Gasteiger partial charge < -0.3 is 19.2 Å². The Hall–Kier alpha value is -3.41. The summed E-state index contributed by atoms with van der Waals surface area (Å²) in [5, 5.41) is 10.9. The minimum Gasteiger partial charge on any atom is -0.506 e. The van der Waals surface area contributed by atoms with Crippen LogP contribution in [-0.4, -0.2) is 21.2 Å². The van der Waals surface area contributed by atoms with Crippen LogP contribution in [0, 0.1) is 0 Å². The minimum absolute atomic E-state index is 0.0244. The molecule has 6 heteroatoms. The maximum atomic E-state index is 12.5. The van der Waals surface area contributed by atoms with E-state index in [0.717, 1.165) is 0 Å². The van der Waals surface area contributed by atoms with Crippen molar-refractivity contribution in [1.29, 1.82) is 0 Å². The molecule has 0 saturated carbocycles. The number of nitrogens with zero attached hydrogens (tertiary/aromatic N) is 1. The van der Waals surface area contributed by atoms with Crippen molar-refractivity contribution in [3.63, 3.8) is 0 Å². The average molecular weight is 365 g/mol. The van der Waals surface area contributed by atoms with Crippen molar-refractivity contribution in [2.24, 2.45) is 7.05 Å². The summed E-state index contributed by atoms with van der Waals surface area (Å²) in [5.74, 6) is -0.0116. The summed E-state index contributed by atoms with van der Waals surface area (Å²) >= 11 is 0. The number of para-hydroxylation sites is 1. The van der Waals surface area contributed by atoms with Crippen molar-refractivity contribution in [3.05, 3.63) is 64.4 Å². The fraction of sp³-hybridized carbons (Fsp3) is 0.190. The van der Waals surface area contributed by atoms with E-state index in [9.17, 15) is 19.5 Å². The molecule has 0 saturated heterocycles. The number of hydrogen-bond donors (Lipinski definition) is 1. The number of carbonyl (C=O) groups is 2. The molecule has 0 aliphatic heterocycles. The Morgan fingerprint density at radius 3 is 2.41 bits per heavy atom. The molecule has 0 bridgehead atoms. The number of ketones is 2. The van der Waals surface area contributed by atoms with Crippen molar-refractivity contribution in [2.45, 2.75) is 19.8 Å². The summed E-state index contributed by atoms with van der Waals surface area (Å²) in [6.07, 6.45) is -0.0968. The monoisotopic (exact) mass is 365 g/mol. The Bertz CT molecular complexity index is 1080. The third kappa shape index (κ3) is 3.74. The van der Waals surface area contributed by atoms with E-state index in [-0.39, 0.29) is 29.9 Å². The van der Waals surface area contributed by atoms with E-state index >= 15 is 0 Å². The second-order valence-corrected chi connectivity index (χ2v) is 6.31. The predicted molar refractivity (Wildman–Crippen MR) is 102 cm³/mol. The molecule has 0 unspecified atom stereocenters. The summed E-state index contributed by atoms with van der Waals surface area (Å²) in [7, 11) is 1.53. The Morgan fingerprint density at radius 2 is 1.74 bits per heavy atom. The number of Topliss-reactive ketones (excluding diaryl/α,β-unsaturated/α-hetero) is 2. The fourth-order valence-electron chi connectivity index (χ4n) is 2.86. The minimum atomic E-state index is -0.592. The molecule has 1 heterocycles. The molecule has 3 aromatic rings. The van der Waals surface area contributed by atoms with Gasteiger partial charge >= 0.3 is 0 Å². The molecule has 0 spiro atoms. The van der Waals surface area contributed by atoms with Gasteiger partial charge in [0.05, 0.1) is 5.52 Å². The first-order valence-corrected chi connectivity index (χ1v) is 8.49. The lowest BCUT2D eigenvalue weighted by Gasteiger charge is -2.13. The second kappa shape index (κ2) is 7.45. The molecule has 0 fully saturated rings. The maximum Gasteiger partial charge on any atom is 0.265 e. The molecule has 0 aliphatic rings. The highest BCUT2D eigenvalue weighted by molar-refractivity contribution is 6.04. The number of fused-ring (bicyclic) bond motifs is 1. The van der Waals surface area contributed by atoms with Gasteiger partial charge in [-0.25, -0.2) is 0 Å². The van der Waals surface area contributed by atoms with Crippen molar-refractivity contribution in [3.8, 4) is 17.2 Å². The Balaban J connectivity index is 2.08. The van der Waals surface area contributed by atoms with Crippen molar-refractivity contribution >= 4 is 22.5 Å². The summed E-state index contributed by atoms with van der Waals surface area (Å²) < 4.78 is 7.07. The van der Waals surface area contributed by atoms with Gasteiger partial charge in [0.2, 0.25) is 0 Å². The van der Waals surface area contributed by atoms with E-state index in [1.165, 1.54) is 18.5 Å². The smallest absolute Gasteiger partial charge is 0.265 e. The van der Waals surface area contributed by atoms with E-state index < -0.39 is 11.3 Å². The fourth-order valence-corrected chi connectivity index (χ4v) is 2.86. The van der Waals surface area contributed by atoms with Crippen LogP contribution in [0.3, 0.4) is 0 Å². The van der Waals surface area contributed by atoms with E-state index in [1.807, 2.05) is 18.2 Å². The summed E-state index contributed by atoms with van der Waals surface area (Å²) in [5.41, 5.74) is -0.422.